The Kier molecular flexibility index (Phi) is 7.05. The molecular formula is C21H17BrCl2FNO2. The number of anilines is 1. The van der Waals surface area contributed by atoms with Gasteiger partial charge in [0.1, 0.15) is 12.4 Å². The number of benzene rings is 3. The van der Waals surface area contributed by atoms with Crippen molar-refractivity contribution >= 4 is 44.8 Å². The molecule has 0 aliphatic heterocycles. The average Bonchev–Trinajstić information content (AvgIpc) is 2.69. The third-order valence-electron chi connectivity index (χ3n) is 4.07. The maximum Gasteiger partial charge on any atom is 0.167 e. The zero-order valence-electron chi connectivity index (χ0n) is 14.9. The van der Waals surface area contributed by atoms with E-state index in [0.717, 1.165) is 15.6 Å². The number of halogens is 4. The molecule has 0 bridgehead atoms. The molecule has 0 spiro atoms. The van der Waals surface area contributed by atoms with Crippen LogP contribution in [0.1, 0.15) is 11.1 Å². The molecule has 0 radical (unpaired) electrons. The Labute approximate surface area is 181 Å². The Balaban J connectivity index is 1.82. The van der Waals surface area contributed by atoms with Gasteiger partial charge in [-0.3, -0.25) is 0 Å². The van der Waals surface area contributed by atoms with Crippen molar-refractivity contribution in [3.05, 3.63) is 86.1 Å². The van der Waals surface area contributed by atoms with Crippen molar-refractivity contribution in [1.82, 2.24) is 0 Å². The highest BCUT2D eigenvalue weighted by atomic mass is 79.9. The van der Waals surface area contributed by atoms with Crippen molar-refractivity contribution in [2.24, 2.45) is 0 Å². The summed E-state index contributed by atoms with van der Waals surface area (Å²) in [5.41, 5.74) is 2.55. The number of methoxy groups -OCH3 is 1. The summed E-state index contributed by atoms with van der Waals surface area (Å²) < 4.78 is 25.8. The number of nitrogens with one attached hydrogen (secondary N) is 1. The fraction of sp³-hybridized carbons (Fsp3) is 0.143. The van der Waals surface area contributed by atoms with Gasteiger partial charge in [0.05, 0.1) is 12.1 Å². The van der Waals surface area contributed by atoms with Gasteiger partial charge < -0.3 is 14.8 Å². The van der Waals surface area contributed by atoms with Crippen LogP contribution in [0.15, 0.2) is 59.1 Å². The van der Waals surface area contributed by atoms with E-state index in [1.807, 2.05) is 36.4 Å². The van der Waals surface area contributed by atoms with E-state index in [0.29, 0.717) is 35.4 Å². The molecule has 3 nitrogen and oxygen atoms in total. The van der Waals surface area contributed by atoms with Crippen LogP contribution in [-0.4, -0.2) is 7.11 Å². The van der Waals surface area contributed by atoms with Crippen LogP contribution in [0.3, 0.4) is 0 Å². The Morgan fingerprint density at radius 3 is 2.46 bits per heavy atom. The van der Waals surface area contributed by atoms with Gasteiger partial charge in [0, 0.05) is 27.3 Å². The average molecular weight is 485 g/mol. The highest BCUT2D eigenvalue weighted by Gasteiger charge is 2.15. The molecule has 28 heavy (non-hydrogen) atoms. The standard InChI is InChI=1S/C21H17BrCl2FNO2/c1-27-20-9-7-17(22)16(11-26-15-6-8-19(25)18(24)10-15)21(20)28-12-13-2-4-14(23)5-3-13/h2-10,26H,11-12H2,1H3. The van der Waals surface area contributed by atoms with E-state index in [2.05, 4.69) is 21.2 Å². The van der Waals surface area contributed by atoms with Crippen LogP contribution in [0.2, 0.25) is 10.0 Å². The quantitative estimate of drug-likeness (QED) is 0.388. The van der Waals surface area contributed by atoms with Crippen molar-refractivity contribution in [2.45, 2.75) is 13.2 Å². The molecule has 0 heterocycles. The molecule has 7 heteroatoms. The van der Waals surface area contributed by atoms with Crippen molar-refractivity contribution in [3.63, 3.8) is 0 Å². The predicted molar refractivity (Wildman–Crippen MR) is 115 cm³/mol. The summed E-state index contributed by atoms with van der Waals surface area (Å²) in [7, 11) is 1.59. The number of rotatable bonds is 7. The third-order valence-corrected chi connectivity index (χ3v) is 5.36. The van der Waals surface area contributed by atoms with Crippen LogP contribution in [0.25, 0.3) is 0 Å². The lowest BCUT2D eigenvalue weighted by molar-refractivity contribution is 0.281. The Morgan fingerprint density at radius 1 is 1.04 bits per heavy atom. The summed E-state index contributed by atoms with van der Waals surface area (Å²) in [5.74, 6) is 0.778. The monoisotopic (exact) mass is 483 g/mol. The molecule has 0 atom stereocenters. The summed E-state index contributed by atoms with van der Waals surface area (Å²) in [6, 6.07) is 15.7. The van der Waals surface area contributed by atoms with E-state index < -0.39 is 5.82 Å². The van der Waals surface area contributed by atoms with E-state index in [1.54, 1.807) is 19.2 Å². The fourth-order valence-corrected chi connectivity index (χ4v) is 3.36. The zero-order chi connectivity index (χ0) is 20.1. The molecule has 3 rings (SSSR count). The van der Waals surface area contributed by atoms with E-state index in [-0.39, 0.29) is 5.02 Å². The minimum Gasteiger partial charge on any atom is -0.493 e. The zero-order valence-corrected chi connectivity index (χ0v) is 18.0. The van der Waals surface area contributed by atoms with Crippen molar-refractivity contribution in [1.29, 1.82) is 0 Å². The van der Waals surface area contributed by atoms with Gasteiger partial charge in [0.15, 0.2) is 11.5 Å². The van der Waals surface area contributed by atoms with Crippen LogP contribution in [-0.2, 0) is 13.2 Å². The first-order valence-electron chi connectivity index (χ1n) is 8.39. The van der Waals surface area contributed by atoms with Gasteiger partial charge in [0.2, 0.25) is 0 Å². The first kappa shape index (κ1) is 20.8. The molecule has 0 unspecified atom stereocenters. The van der Waals surface area contributed by atoms with Gasteiger partial charge in [-0.05, 0) is 48.0 Å². The summed E-state index contributed by atoms with van der Waals surface area (Å²) in [5, 5.41) is 3.97. The Hall–Kier alpha value is -1.95. The van der Waals surface area contributed by atoms with E-state index in [9.17, 15) is 4.39 Å². The minimum absolute atomic E-state index is 0.0638. The smallest absolute Gasteiger partial charge is 0.167 e. The maximum absolute atomic E-state index is 13.4. The molecule has 0 aliphatic carbocycles. The number of ether oxygens (including phenoxy) is 2. The molecular weight excluding hydrogens is 468 g/mol. The van der Waals surface area contributed by atoms with Crippen LogP contribution in [0.4, 0.5) is 10.1 Å². The first-order chi connectivity index (χ1) is 13.5. The van der Waals surface area contributed by atoms with Crippen molar-refractivity contribution < 1.29 is 13.9 Å². The summed E-state index contributed by atoms with van der Waals surface area (Å²) in [6.45, 7) is 0.787. The molecule has 0 saturated carbocycles. The second kappa shape index (κ2) is 9.50. The van der Waals surface area contributed by atoms with Gasteiger partial charge in [0.25, 0.3) is 0 Å². The van der Waals surface area contributed by atoms with E-state index in [1.165, 1.54) is 6.07 Å². The van der Waals surface area contributed by atoms with Crippen LogP contribution in [0, 0.1) is 5.82 Å². The number of hydrogen-bond donors (Lipinski definition) is 1. The third kappa shape index (κ3) is 5.10. The van der Waals surface area contributed by atoms with Crippen LogP contribution in [0.5, 0.6) is 11.5 Å². The maximum atomic E-state index is 13.4. The lowest BCUT2D eigenvalue weighted by Crippen LogP contribution is -2.06. The highest BCUT2D eigenvalue weighted by Crippen LogP contribution is 2.37. The number of hydrogen-bond acceptors (Lipinski definition) is 3. The molecule has 0 aromatic heterocycles. The van der Waals surface area contributed by atoms with Gasteiger partial charge in [-0.15, -0.1) is 0 Å². The molecule has 0 fully saturated rings. The summed E-state index contributed by atoms with van der Waals surface area (Å²) in [4.78, 5) is 0. The predicted octanol–water partition coefficient (Wildman–Crippen LogP) is 7.09. The largest absolute Gasteiger partial charge is 0.493 e. The molecule has 0 saturated heterocycles. The lowest BCUT2D eigenvalue weighted by Gasteiger charge is -2.18. The second-order valence-electron chi connectivity index (χ2n) is 5.95. The molecule has 3 aromatic carbocycles. The van der Waals surface area contributed by atoms with Gasteiger partial charge in [-0.25, -0.2) is 4.39 Å². The molecule has 0 aliphatic rings. The summed E-state index contributed by atoms with van der Waals surface area (Å²) >= 11 is 15.4. The second-order valence-corrected chi connectivity index (χ2v) is 7.65. The van der Waals surface area contributed by atoms with E-state index in [4.69, 9.17) is 32.7 Å². The lowest BCUT2D eigenvalue weighted by atomic mass is 10.1. The molecule has 146 valence electrons. The summed E-state index contributed by atoms with van der Waals surface area (Å²) in [6.07, 6.45) is 0. The Morgan fingerprint density at radius 2 is 1.79 bits per heavy atom. The van der Waals surface area contributed by atoms with Crippen LogP contribution >= 0.6 is 39.1 Å². The van der Waals surface area contributed by atoms with Gasteiger partial charge >= 0.3 is 0 Å². The molecule has 1 N–H and O–H groups in total. The van der Waals surface area contributed by atoms with E-state index >= 15 is 0 Å². The molecule has 0 amide bonds. The normalized spacial score (nSPS) is 10.6. The van der Waals surface area contributed by atoms with Gasteiger partial charge in [-0.1, -0.05) is 51.3 Å². The fourth-order valence-electron chi connectivity index (χ4n) is 2.60. The topological polar surface area (TPSA) is 30.5 Å². The van der Waals surface area contributed by atoms with Crippen molar-refractivity contribution in [3.8, 4) is 11.5 Å². The van der Waals surface area contributed by atoms with Gasteiger partial charge in [-0.2, -0.15) is 0 Å². The van der Waals surface area contributed by atoms with Crippen molar-refractivity contribution in [2.75, 3.05) is 12.4 Å². The van der Waals surface area contributed by atoms with Crippen LogP contribution < -0.4 is 14.8 Å². The highest BCUT2D eigenvalue weighted by molar-refractivity contribution is 9.10. The molecule has 3 aromatic rings. The minimum atomic E-state index is -0.457. The first-order valence-corrected chi connectivity index (χ1v) is 9.94. The SMILES string of the molecule is COc1ccc(Br)c(CNc2ccc(F)c(Cl)c2)c1OCc1ccc(Cl)cc1. The Bertz CT molecular complexity index is 967.